The molecule has 0 spiro atoms. The second-order valence-electron chi connectivity index (χ2n) is 7.13. The smallest absolute Gasteiger partial charge is 0.273 e. The number of ether oxygens (including phenoxy) is 1. The van der Waals surface area contributed by atoms with Crippen LogP contribution < -0.4 is 15.0 Å². The Hall–Kier alpha value is -3.60. The Balaban J connectivity index is 1.84. The molecule has 4 aromatic rings. The Labute approximate surface area is 170 Å². The summed E-state index contributed by atoms with van der Waals surface area (Å²) in [5.74, 6) is 1.84. The minimum atomic E-state index is -0.273. The number of phenolic OH excluding ortho intramolecular Hbond substituents is 1. The standard InChI is InChI=1S/C24H23N3O2/c1-15-5-4-6-21(25-15)27-22(17-9-12-19(29-3)13-10-17)20-14-11-18-8-7-16(2)26-23(18)24(20)28/h4-14,22,28H,1-3H3,(H,25,27)/p+1/t22-/m0/s1. The number of nitrogens with zero attached hydrogens (tertiary/aromatic N) is 1. The van der Waals surface area contributed by atoms with Gasteiger partial charge in [-0.25, -0.2) is 9.97 Å². The number of phenols is 1. The summed E-state index contributed by atoms with van der Waals surface area (Å²) in [5, 5.41) is 15.5. The molecule has 2 aromatic carbocycles. The number of aromatic amines is 1. The minimum absolute atomic E-state index is 0.187. The Morgan fingerprint density at radius 3 is 2.45 bits per heavy atom. The van der Waals surface area contributed by atoms with Gasteiger partial charge in [-0.15, -0.1) is 0 Å². The number of aromatic nitrogens is 2. The molecule has 3 N–H and O–H groups in total. The number of aromatic hydroxyl groups is 1. The first-order valence-corrected chi connectivity index (χ1v) is 9.54. The number of fused-ring (bicyclic) bond motifs is 1. The predicted molar refractivity (Wildman–Crippen MR) is 114 cm³/mol. The summed E-state index contributed by atoms with van der Waals surface area (Å²) in [6, 6.07) is 21.4. The average molecular weight is 386 g/mol. The molecule has 0 aliphatic carbocycles. The van der Waals surface area contributed by atoms with Crippen LogP contribution in [0.2, 0.25) is 0 Å². The largest absolute Gasteiger partial charge is 0.505 e. The number of anilines is 1. The summed E-state index contributed by atoms with van der Waals surface area (Å²) in [6.45, 7) is 3.93. The van der Waals surface area contributed by atoms with Crippen LogP contribution in [0.1, 0.15) is 28.6 Å². The number of nitrogens with one attached hydrogen (secondary N) is 2. The van der Waals surface area contributed by atoms with Gasteiger partial charge in [0.15, 0.2) is 0 Å². The predicted octanol–water partition coefficient (Wildman–Crippen LogP) is 4.58. The van der Waals surface area contributed by atoms with Crippen LogP contribution in [0.3, 0.4) is 0 Å². The van der Waals surface area contributed by atoms with Gasteiger partial charge >= 0.3 is 0 Å². The number of methoxy groups -OCH3 is 1. The van der Waals surface area contributed by atoms with Crippen LogP contribution in [-0.4, -0.2) is 17.2 Å². The van der Waals surface area contributed by atoms with E-state index in [1.807, 2.05) is 80.6 Å². The first-order chi connectivity index (χ1) is 14.0. The first kappa shape index (κ1) is 18.7. The topological polar surface area (TPSA) is 68.5 Å². The van der Waals surface area contributed by atoms with E-state index in [-0.39, 0.29) is 11.8 Å². The minimum Gasteiger partial charge on any atom is -0.505 e. The fourth-order valence-electron chi connectivity index (χ4n) is 3.48. The molecule has 0 saturated carbocycles. The van der Waals surface area contributed by atoms with Crippen molar-refractivity contribution >= 4 is 16.7 Å². The second kappa shape index (κ2) is 7.80. The Morgan fingerprint density at radius 1 is 0.966 bits per heavy atom. The van der Waals surface area contributed by atoms with E-state index in [1.165, 1.54) is 0 Å². The molecule has 0 aliphatic rings. The maximum Gasteiger partial charge on any atom is 0.273 e. The molecule has 5 heteroatoms. The van der Waals surface area contributed by atoms with E-state index >= 15 is 0 Å². The van der Waals surface area contributed by atoms with Crippen molar-refractivity contribution in [3.05, 3.63) is 89.2 Å². The monoisotopic (exact) mass is 386 g/mol. The molecule has 0 saturated heterocycles. The van der Waals surface area contributed by atoms with Gasteiger partial charge in [0.1, 0.15) is 23.1 Å². The fraction of sp³-hybridized carbons (Fsp3) is 0.167. The fourth-order valence-corrected chi connectivity index (χ4v) is 3.48. The number of hydrogen-bond donors (Lipinski definition) is 2. The lowest BCUT2D eigenvalue weighted by Gasteiger charge is -2.18. The molecule has 29 heavy (non-hydrogen) atoms. The lowest BCUT2D eigenvalue weighted by molar-refractivity contribution is -0.371. The zero-order valence-electron chi connectivity index (χ0n) is 16.7. The molecular weight excluding hydrogens is 362 g/mol. The molecule has 5 nitrogen and oxygen atoms in total. The van der Waals surface area contributed by atoms with Gasteiger partial charge < -0.3 is 9.84 Å². The van der Waals surface area contributed by atoms with Crippen molar-refractivity contribution < 1.29 is 14.8 Å². The number of aryl methyl sites for hydroxylation is 2. The first-order valence-electron chi connectivity index (χ1n) is 9.54. The Morgan fingerprint density at radius 2 is 1.72 bits per heavy atom. The highest BCUT2D eigenvalue weighted by atomic mass is 16.5. The van der Waals surface area contributed by atoms with Gasteiger partial charge in [0.05, 0.1) is 12.8 Å². The zero-order valence-corrected chi connectivity index (χ0v) is 16.7. The molecule has 0 unspecified atom stereocenters. The molecule has 4 rings (SSSR count). The number of pyridine rings is 2. The van der Waals surface area contributed by atoms with Crippen molar-refractivity contribution in [3.63, 3.8) is 0 Å². The van der Waals surface area contributed by atoms with Crippen molar-refractivity contribution in [1.82, 2.24) is 4.98 Å². The molecule has 0 bridgehead atoms. The number of rotatable bonds is 5. The maximum absolute atomic E-state index is 11.1. The van der Waals surface area contributed by atoms with E-state index in [1.54, 1.807) is 7.11 Å². The van der Waals surface area contributed by atoms with Gasteiger partial charge in [0.25, 0.3) is 5.82 Å². The van der Waals surface area contributed by atoms with Crippen LogP contribution in [0.15, 0.2) is 66.7 Å². The molecule has 2 heterocycles. The summed E-state index contributed by atoms with van der Waals surface area (Å²) in [6.07, 6.45) is 0. The Kier molecular flexibility index (Phi) is 5.04. The number of hydrogen-bond acceptors (Lipinski definition) is 4. The molecule has 0 radical (unpaired) electrons. The third-order valence-corrected chi connectivity index (χ3v) is 5.01. The summed E-state index contributed by atoms with van der Waals surface area (Å²) in [5.41, 5.74) is 4.28. The van der Waals surface area contributed by atoms with Crippen LogP contribution in [0.5, 0.6) is 11.5 Å². The third kappa shape index (κ3) is 3.85. The molecule has 1 atom stereocenters. The van der Waals surface area contributed by atoms with Crippen LogP contribution in [0.25, 0.3) is 10.9 Å². The van der Waals surface area contributed by atoms with Gasteiger partial charge in [-0.2, -0.15) is 0 Å². The van der Waals surface area contributed by atoms with E-state index in [0.29, 0.717) is 5.52 Å². The molecule has 0 aliphatic heterocycles. The lowest BCUT2D eigenvalue weighted by atomic mass is 9.96. The molecule has 2 aromatic heterocycles. The molecule has 0 fully saturated rings. The summed E-state index contributed by atoms with van der Waals surface area (Å²) in [7, 11) is 1.65. The highest BCUT2D eigenvalue weighted by molar-refractivity contribution is 5.86. The SMILES string of the molecule is COc1ccc([C@H](Nc2cccc(C)[nH+]2)c2ccc3ccc(C)nc3c2O)cc1. The van der Waals surface area contributed by atoms with Gasteiger partial charge in [0, 0.05) is 28.3 Å². The van der Waals surface area contributed by atoms with Crippen molar-refractivity contribution in [2.45, 2.75) is 19.9 Å². The van der Waals surface area contributed by atoms with Crippen molar-refractivity contribution in [3.8, 4) is 11.5 Å². The normalized spacial score (nSPS) is 12.0. The van der Waals surface area contributed by atoms with Crippen LogP contribution >= 0.6 is 0 Å². The van der Waals surface area contributed by atoms with Crippen molar-refractivity contribution in [2.24, 2.45) is 0 Å². The zero-order chi connectivity index (χ0) is 20.4. The quantitative estimate of drug-likeness (QED) is 0.527. The van der Waals surface area contributed by atoms with E-state index in [4.69, 9.17) is 4.74 Å². The molecule has 0 amide bonds. The molecule has 146 valence electrons. The summed E-state index contributed by atoms with van der Waals surface area (Å²) in [4.78, 5) is 7.89. The van der Waals surface area contributed by atoms with Gasteiger partial charge in [0.2, 0.25) is 0 Å². The lowest BCUT2D eigenvalue weighted by Crippen LogP contribution is -2.20. The highest BCUT2D eigenvalue weighted by Gasteiger charge is 2.24. The van der Waals surface area contributed by atoms with Crippen LogP contribution in [0.4, 0.5) is 5.82 Å². The van der Waals surface area contributed by atoms with E-state index in [0.717, 1.165) is 39.5 Å². The van der Waals surface area contributed by atoms with Gasteiger partial charge in [-0.05, 0) is 44.2 Å². The van der Waals surface area contributed by atoms with E-state index in [2.05, 4.69) is 15.3 Å². The summed E-state index contributed by atoms with van der Waals surface area (Å²) >= 11 is 0. The number of H-pyrrole nitrogens is 1. The maximum atomic E-state index is 11.1. The highest BCUT2D eigenvalue weighted by Crippen LogP contribution is 2.36. The Bertz CT molecular complexity index is 1160. The van der Waals surface area contributed by atoms with E-state index in [9.17, 15) is 5.11 Å². The van der Waals surface area contributed by atoms with Gasteiger partial charge in [-0.1, -0.05) is 30.3 Å². The van der Waals surface area contributed by atoms with Crippen molar-refractivity contribution in [1.29, 1.82) is 0 Å². The second-order valence-corrected chi connectivity index (χ2v) is 7.13. The average Bonchev–Trinajstić information content (AvgIpc) is 2.73. The van der Waals surface area contributed by atoms with Crippen molar-refractivity contribution in [2.75, 3.05) is 12.4 Å². The molecular formula is C24H24N3O2+. The van der Waals surface area contributed by atoms with Crippen LogP contribution in [0, 0.1) is 13.8 Å². The third-order valence-electron chi connectivity index (χ3n) is 5.01. The van der Waals surface area contributed by atoms with E-state index < -0.39 is 0 Å². The number of benzene rings is 2. The van der Waals surface area contributed by atoms with Gasteiger partial charge in [-0.3, -0.25) is 5.32 Å². The van der Waals surface area contributed by atoms with Crippen LogP contribution in [-0.2, 0) is 0 Å². The summed E-state index contributed by atoms with van der Waals surface area (Å²) < 4.78 is 5.30.